The fraction of sp³-hybridized carbons (Fsp3) is 0.294. The monoisotopic (exact) mass is 327 g/mol. The van der Waals surface area contributed by atoms with Crippen LogP contribution in [0.5, 0.6) is 11.5 Å². The molecule has 2 atom stereocenters. The van der Waals surface area contributed by atoms with Gasteiger partial charge < -0.3 is 20.6 Å². The van der Waals surface area contributed by atoms with Crippen LogP contribution in [0.25, 0.3) is 0 Å². The summed E-state index contributed by atoms with van der Waals surface area (Å²) in [5, 5.41) is 31.5. The van der Waals surface area contributed by atoms with E-state index in [0.29, 0.717) is 5.56 Å². The molecule has 0 fully saturated rings. The van der Waals surface area contributed by atoms with Crippen molar-refractivity contribution in [3.05, 3.63) is 59.7 Å². The largest absolute Gasteiger partial charge is 0.508 e. The summed E-state index contributed by atoms with van der Waals surface area (Å²) in [6.07, 6.45) is -3.49. The minimum atomic E-state index is -2.48. The fourth-order valence-corrected chi connectivity index (χ4v) is 1.81. The second kappa shape index (κ2) is 8.63. The molecule has 0 radical (unpaired) electrons. The number of phenols is 2. The van der Waals surface area contributed by atoms with Crippen LogP contribution in [0.2, 0.25) is 0 Å². The van der Waals surface area contributed by atoms with Crippen molar-refractivity contribution in [1.29, 1.82) is 0 Å². The third-order valence-corrected chi connectivity index (χ3v) is 3.08. The Kier molecular flexibility index (Phi) is 5.01. The molecule has 0 aromatic heterocycles. The van der Waals surface area contributed by atoms with Crippen molar-refractivity contribution in [1.82, 2.24) is 5.32 Å². The molecule has 22 heavy (non-hydrogen) atoms. The number of aliphatic hydroxyl groups excluding tert-OH is 1. The van der Waals surface area contributed by atoms with Gasteiger partial charge in [0.25, 0.3) is 0 Å². The number of aromatic hydroxyl groups is 2. The topological polar surface area (TPSA) is 72.7 Å². The van der Waals surface area contributed by atoms with Gasteiger partial charge in [0.15, 0.2) is 0 Å². The number of aryl methyl sites for hydroxylation is 1. The number of hydrogen-bond acceptors (Lipinski definition) is 4. The summed E-state index contributed by atoms with van der Waals surface area (Å²) in [6.45, 7) is -0.941. The molecule has 0 aliphatic heterocycles. The van der Waals surface area contributed by atoms with E-state index in [-0.39, 0.29) is 29.5 Å². The highest BCUT2D eigenvalue weighted by molar-refractivity contribution is 5.85. The lowest BCUT2D eigenvalue weighted by atomic mass is 10.0. The van der Waals surface area contributed by atoms with Gasteiger partial charge in [-0.1, -0.05) is 24.3 Å². The van der Waals surface area contributed by atoms with Crippen LogP contribution >= 0.6 is 12.4 Å². The highest BCUT2D eigenvalue weighted by atomic mass is 35.5. The molecule has 0 unspecified atom stereocenters. The summed E-state index contributed by atoms with van der Waals surface area (Å²) in [6, 6.07) is 10.3. The van der Waals surface area contributed by atoms with Crippen molar-refractivity contribution in [2.24, 2.45) is 0 Å². The van der Waals surface area contributed by atoms with Crippen LogP contribution in [-0.4, -0.2) is 27.9 Å². The molecule has 0 saturated heterocycles. The van der Waals surface area contributed by atoms with E-state index in [2.05, 4.69) is 5.32 Å². The number of rotatable bonds is 6. The SMILES string of the molecule is Cl.[2H]C([2H])(N[C@H](C)[C@@H](O)c1ccc(O)cc1)C([2H])([2H])c1ccc(O)cc1. The van der Waals surface area contributed by atoms with E-state index >= 15 is 0 Å². The molecule has 0 bridgehead atoms. The van der Waals surface area contributed by atoms with Crippen molar-refractivity contribution in [2.75, 3.05) is 6.50 Å². The number of hydrogen-bond donors (Lipinski definition) is 4. The molecule has 2 rings (SSSR count). The molecule has 0 spiro atoms. The summed E-state index contributed by atoms with van der Waals surface area (Å²) < 4.78 is 32.5. The average molecular weight is 328 g/mol. The van der Waals surface area contributed by atoms with Crippen LogP contribution < -0.4 is 5.32 Å². The molecule has 2 aromatic rings. The molecule has 0 aliphatic carbocycles. The Labute approximate surface area is 142 Å². The van der Waals surface area contributed by atoms with Crippen LogP contribution in [-0.2, 0) is 6.37 Å². The summed E-state index contributed by atoms with van der Waals surface area (Å²) >= 11 is 0. The third-order valence-electron chi connectivity index (χ3n) is 3.08. The quantitative estimate of drug-likeness (QED) is 0.658. The van der Waals surface area contributed by atoms with Gasteiger partial charge in [0.2, 0.25) is 0 Å². The Balaban J connectivity index is 0.00000338. The van der Waals surface area contributed by atoms with Crippen LogP contribution in [0.4, 0.5) is 0 Å². The van der Waals surface area contributed by atoms with E-state index < -0.39 is 25.0 Å². The Morgan fingerprint density at radius 2 is 1.50 bits per heavy atom. The molecule has 120 valence electrons. The first-order chi connectivity index (χ1) is 11.5. The minimum Gasteiger partial charge on any atom is -0.508 e. The van der Waals surface area contributed by atoms with Crippen molar-refractivity contribution in [2.45, 2.75) is 25.4 Å². The zero-order valence-electron chi connectivity index (χ0n) is 16.0. The number of aliphatic hydroxyl groups is 1. The number of benzene rings is 2. The van der Waals surface area contributed by atoms with Gasteiger partial charge in [0.1, 0.15) is 11.5 Å². The minimum absolute atomic E-state index is 0. The lowest BCUT2D eigenvalue weighted by Gasteiger charge is -2.20. The lowest BCUT2D eigenvalue weighted by molar-refractivity contribution is 0.136. The summed E-state index contributed by atoms with van der Waals surface area (Å²) in [7, 11) is 0. The van der Waals surface area contributed by atoms with E-state index in [9.17, 15) is 15.3 Å². The van der Waals surface area contributed by atoms with E-state index in [1.807, 2.05) is 0 Å². The molecule has 0 aliphatic rings. The Hall–Kier alpha value is -1.75. The van der Waals surface area contributed by atoms with Crippen LogP contribution in [0.1, 0.15) is 29.6 Å². The molecule has 0 amide bonds. The predicted octanol–water partition coefficient (Wildman–Crippen LogP) is 2.77. The molecule has 0 saturated carbocycles. The van der Waals surface area contributed by atoms with E-state index in [0.717, 1.165) is 0 Å². The maximum absolute atomic E-state index is 10.3. The second-order valence-corrected chi connectivity index (χ2v) is 4.77. The van der Waals surface area contributed by atoms with Crippen molar-refractivity contribution < 1.29 is 20.8 Å². The molecule has 2 aromatic carbocycles. The number of halogens is 1. The first-order valence-corrected chi connectivity index (χ1v) is 6.59. The van der Waals surface area contributed by atoms with Gasteiger partial charge in [-0.2, -0.15) is 0 Å². The first-order valence-electron chi connectivity index (χ1n) is 8.59. The van der Waals surface area contributed by atoms with Crippen LogP contribution in [0, 0.1) is 0 Å². The van der Waals surface area contributed by atoms with Crippen molar-refractivity contribution >= 4 is 12.4 Å². The maximum Gasteiger partial charge on any atom is 0.115 e. The molecule has 4 nitrogen and oxygen atoms in total. The molecular formula is C17H22ClNO3. The molecule has 4 N–H and O–H groups in total. The highest BCUT2D eigenvalue weighted by Crippen LogP contribution is 2.19. The van der Waals surface area contributed by atoms with Crippen LogP contribution in [0.3, 0.4) is 0 Å². The van der Waals surface area contributed by atoms with E-state index in [4.69, 9.17) is 5.48 Å². The van der Waals surface area contributed by atoms with Crippen molar-refractivity contribution in [3.63, 3.8) is 0 Å². The van der Waals surface area contributed by atoms with Crippen molar-refractivity contribution in [3.8, 4) is 11.5 Å². The second-order valence-electron chi connectivity index (χ2n) is 4.77. The van der Waals surface area contributed by atoms with Gasteiger partial charge in [-0.3, -0.25) is 0 Å². The smallest absolute Gasteiger partial charge is 0.115 e. The normalized spacial score (nSPS) is 17.2. The summed E-state index contributed by atoms with van der Waals surface area (Å²) in [4.78, 5) is 0. The Morgan fingerprint density at radius 3 is 2.05 bits per heavy atom. The third kappa shape index (κ3) is 5.22. The standard InChI is InChI=1S/C17H21NO3.ClH/c1-12(17(21)14-4-8-16(20)9-5-14)18-11-10-13-2-6-15(19)7-3-13;/h2-9,12,17-21H,10-11H2,1H3;1H/t12-,17-;/m1./s1/i10D2,11D2;. The Morgan fingerprint density at radius 1 is 1.00 bits per heavy atom. The maximum atomic E-state index is 10.3. The zero-order valence-corrected chi connectivity index (χ0v) is 12.8. The molecular weight excluding hydrogens is 302 g/mol. The number of phenolic OH excluding ortho intramolecular Hbond substituents is 2. The van der Waals surface area contributed by atoms with Gasteiger partial charge in [-0.25, -0.2) is 0 Å². The van der Waals surface area contributed by atoms with Gasteiger partial charge in [-0.05, 0) is 55.2 Å². The average Bonchev–Trinajstić information content (AvgIpc) is 2.54. The summed E-state index contributed by atoms with van der Waals surface area (Å²) in [5.74, 6) is 0.0137. The van der Waals surface area contributed by atoms with E-state index in [1.54, 1.807) is 6.92 Å². The van der Waals surface area contributed by atoms with Gasteiger partial charge in [-0.15, -0.1) is 12.4 Å². The van der Waals surface area contributed by atoms with Gasteiger partial charge in [0, 0.05) is 11.5 Å². The zero-order chi connectivity index (χ0) is 18.8. The lowest BCUT2D eigenvalue weighted by Crippen LogP contribution is -2.33. The summed E-state index contributed by atoms with van der Waals surface area (Å²) in [5.41, 5.74) is 0.535. The van der Waals surface area contributed by atoms with E-state index in [1.165, 1.54) is 48.5 Å². The van der Waals surface area contributed by atoms with Gasteiger partial charge >= 0.3 is 0 Å². The van der Waals surface area contributed by atoms with Crippen LogP contribution in [0.15, 0.2) is 48.5 Å². The highest BCUT2D eigenvalue weighted by Gasteiger charge is 2.15. The molecule has 5 heteroatoms. The predicted molar refractivity (Wildman–Crippen MR) is 89.6 cm³/mol. The molecule has 0 heterocycles. The number of nitrogens with one attached hydrogen (secondary N) is 1. The van der Waals surface area contributed by atoms with Gasteiger partial charge in [0.05, 0.1) is 6.10 Å². The fourth-order valence-electron chi connectivity index (χ4n) is 1.81. The first kappa shape index (κ1) is 12.8. The Bertz CT molecular complexity index is 711.